The van der Waals surface area contributed by atoms with E-state index in [9.17, 15) is 4.79 Å². The number of hydrogen-bond acceptors (Lipinski definition) is 3. The summed E-state index contributed by atoms with van der Waals surface area (Å²) in [6, 6.07) is 11.3. The molecule has 1 aromatic heterocycles. The quantitative estimate of drug-likeness (QED) is 0.829. The normalized spacial score (nSPS) is 11.9. The molecule has 0 saturated heterocycles. The number of ether oxygens (including phenoxy) is 1. The van der Waals surface area contributed by atoms with Crippen LogP contribution in [0.2, 0.25) is 0 Å². The van der Waals surface area contributed by atoms with E-state index in [0.29, 0.717) is 5.75 Å². The monoisotopic (exact) mass is 351 g/mol. The molecule has 0 aliphatic heterocycles. The molecule has 0 aliphatic carbocycles. The van der Waals surface area contributed by atoms with Gasteiger partial charge in [-0.1, -0.05) is 15.9 Å². The van der Waals surface area contributed by atoms with Crippen LogP contribution in [0, 0.1) is 0 Å². The van der Waals surface area contributed by atoms with E-state index in [1.54, 1.807) is 6.26 Å². The number of rotatable bonds is 7. The Labute approximate surface area is 132 Å². The van der Waals surface area contributed by atoms with Crippen LogP contribution in [0.15, 0.2) is 51.6 Å². The predicted molar refractivity (Wildman–Crippen MR) is 84.3 cm³/mol. The lowest BCUT2D eigenvalue weighted by Gasteiger charge is -2.13. The fraction of sp³-hybridized carbons (Fsp3) is 0.312. The highest BCUT2D eigenvalue weighted by atomic mass is 79.9. The van der Waals surface area contributed by atoms with Crippen LogP contribution in [0.3, 0.4) is 0 Å². The Kier molecular flexibility index (Phi) is 5.87. The molecule has 2 aromatic rings. The van der Waals surface area contributed by atoms with E-state index in [1.165, 1.54) is 0 Å². The average Bonchev–Trinajstić information content (AvgIpc) is 2.98. The first-order valence-corrected chi connectivity index (χ1v) is 7.63. The van der Waals surface area contributed by atoms with E-state index in [4.69, 9.17) is 9.15 Å². The van der Waals surface area contributed by atoms with Crippen molar-refractivity contribution >= 4 is 21.8 Å². The second kappa shape index (κ2) is 7.88. The third-order valence-electron chi connectivity index (χ3n) is 2.99. The number of nitrogens with one attached hydrogen (secondary N) is 1. The molecular weight excluding hydrogens is 334 g/mol. The highest BCUT2D eigenvalue weighted by molar-refractivity contribution is 9.10. The maximum atomic E-state index is 11.8. The van der Waals surface area contributed by atoms with Gasteiger partial charge in [0.15, 0.2) is 6.61 Å². The Bertz CT molecular complexity index is 551. The van der Waals surface area contributed by atoms with Crippen molar-refractivity contribution in [2.75, 3.05) is 6.61 Å². The fourth-order valence-electron chi connectivity index (χ4n) is 1.88. The van der Waals surface area contributed by atoms with Crippen LogP contribution in [0.1, 0.15) is 19.1 Å². The van der Waals surface area contributed by atoms with Gasteiger partial charge in [-0.25, -0.2) is 0 Å². The maximum Gasteiger partial charge on any atom is 0.258 e. The van der Waals surface area contributed by atoms with Gasteiger partial charge in [0.2, 0.25) is 0 Å². The van der Waals surface area contributed by atoms with Gasteiger partial charge in [-0.05, 0) is 49.7 Å². The summed E-state index contributed by atoms with van der Waals surface area (Å²) in [5, 5.41) is 2.91. The van der Waals surface area contributed by atoms with Gasteiger partial charge in [0, 0.05) is 16.9 Å². The van der Waals surface area contributed by atoms with Crippen molar-refractivity contribution < 1.29 is 13.9 Å². The van der Waals surface area contributed by atoms with Crippen LogP contribution < -0.4 is 10.1 Å². The molecule has 0 bridgehead atoms. The number of benzene rings is 1. The van der Waals surface area contributed by atoms with Crippen LogP contribution in [-0.2, 0) is 11.2 Å². The van der Waals surface area contributed by atoms with E-state index < -0.39 is 0 Å². The van der Waals surface area contributed by atoms with Crippen molar-refractivity contribution in [2.24, 2.45) is 0 Å². The Morgan fingerprint density at radius 1 is 1.33 bits per heavy atom. The summed E-state index contributed by atoms with van der Waals surface area (Å²) in [6.45, 7) is 1.99. The van der Waals surface area contributed by atoms with Crippen molar-refractivity contribution in [3.05, 3.63) is 52.9 Å². The highest BCUT2D eigenvalue weighted by Crippen LogP contribution is 2.15. The van der Waals surface area contributed by atoms with Gasteiger partial charge in [0.05, 0.1) is 6.26 Å². The molecule has 0 saturated carbocycles. The van der Waals surface area contributed by atoms with Crippen LogP contribution in [0.5, 0.6) is 5.75 Å². The summed E-state index contributed by atoms with van der Waals surface area (Å²) in [4.78, 5) is 11.8. The van der Waals surface area contributed by atoms with Gasteiger partial charge in [-0.2, -0.15) is 0 Å². The molecule has 1 N–H and O–H groups in total. The molecular formula is C16H18BrNO3. The number of halogens is 1. The number of aryl methyl sites for hydroxylation is 1. The Morgan fingerprint density at radius 2 is 2.10 bits per heavy atom. The smallest absolute Gasteiger partial charge is 0.258 e. The molecule has 0 aliphatic rings. The summed E-state index contributed by atoms with van der Waals surface area (Å²) in [5.41, 5.74) is 0. The van der Waals surface area contributed by atoms with Crippen molar-refractivity contribution in [2.45, 2.75) is 25.8 Å². The van der Waals surface area contributed by atoms with Gasteiger partial charge in [-0.3, -0.25) is 4.79 Å². The van der Waals surface area contributed by atoms with Gasteiger partial charge in [0.1, 0.15) is 11.5 Å². The third-order valence-corrected chi connectivity index (χ3v) is 3.52. The molecule has 0 radical (unpaired) electrons. The van der Waals surface area contributed by atoms with Gasteiger partial charge in [-0.15, -0.1) is 0 Å². The minimum atomic E-state index is -0.120. The molecule has 21 heavy (non-hydrogen) atoms. The largest absolute Gasteiger partial charge is 0.484 e. The summed E-state index contributed by atoms with van der Waals surface area (Å²) < 4.78 is 11.7. The number of carbonyl (C=O) groups excluding carboxylic acids is 1. The topological polar surface area (TPSA) is 51.5 Å². The molecule has 1 aromatic carbocycles. The van der Waals surface area contributed by atoms with E-state index in [0.717, 1.165) is 23.1 Å². The molecule has 2 rings (SSSR count). The van der Waals surface area contributed by atoms with Crippen LogP contribution in [0.4, 0.5) is 0 Å². The second-order valence-electron chi connectivity index (χ2n) is 4.83. The first-order chi connectivity index (χ1) is 10.1. The predicted octanol–water partition coefficient (Wildman–Crippen LogP) is 3.56. The van der Waals surface area contributed by atoms with Crippen molar-refractivity contribution in [1.82, 2.24) is 5.32 Å². The number of carbonyl (C=O) groups is 1. The Morgan fingerprint density at radius 3 is 2.76 bits per heavy atom. The van der Waals surface area contributed by atoms with E-state index in [1.807, 2.05) is 43.3 Å². The molecule has 0 unspecified atom stereocenters. The molecule has 112 valence electrons. The standard InChI is InChI=1S/C16H18BrNO3/c1-12(4-7-14-3-2-10-20-14)18-16(19)11-21-15-8-5-13(17)6-9-15/h2-3,5-6,8-10,12H,4,7,11H2,1H3,(H,18,19)/t12-/m1/s1. The zero-order chi connectivity index (χ0) is 15.1. The molecule has 0 spiro atoms. The van der Waals surface area contributed by atoms with E-state index >= 15 is 0 Å². The lowest BCUT2D eigenvalue weighted by atomic mass is 10.1. The molecule has 1 atom stereocenters. The van der Waals surface area contributed by atoms with Crippen molar-refractivity contribution in [3.8, 4) is 5.75 Å². The van der Waals surface area contributed by atoms with E-state index in [-0.39, 0.29) is 18.6 Å². The average molecular weight is 352 g/mol. The SMILES string of the molecule is C[C@H](CCc1ccco1)NC(=O)COc1ccc(Br)cc1. The fourth-order valence-corrected chi connectivity index (χ4v) is 2.15. The van der Waals surface area contributed by atoms with Crippen molar-refractivity contribution in [3.63, 3.8) is 0 Å². The minimum absolute atomic E-state index is 0.0206. The zero-order valence-electron chi connectivity index (χ0n) is 11.8. The summed E-state index contributed by atoms with van der Waals surface area (Å²) in [5.74, 6) is 1.49. The summed E-state index contributed by atoms with van der Waals surface area (Å²) in [7, 11) is 0. The molecule has 0 fully saturated rings. The molecule has 5 heteroatoms. The Balaban J connectivity index is 1.67. The number of furan rings is 1. The van der Waals surface area contributed by atoms with Crippen LogP contribution >= 0.6 is 15.9 Å². The van der Waals surface area contributed by atoms with Crippen LogP contribution in [0.25, 0.3) is 0 Å². The van der Waals surface area contributed by atoms with Gasteiger partial charge < -0.3 is 14.5 Å². The van der Waals surface area contributed by atoms with Crippen LogP contribution in [-0.4, -0.2) is 18.6 Å². The first kappa shape index (κ1) is 15.6. The second-order valence-corrected chi connectivity index (χ2v) is 5.74. The van der Waals surface area contributed by atoms with E-state index in [2.05, 4.69) is 21.2 Å². The lowest BCUT2D eigenvalue weighted by Crippen LogP contribution is -2.36. The lowest BCUT2D eigenvalue weighted by molar-refractivity contribution is -0.123. The molecule has 1 heterocycles. The minimum Gasteiger partial charge on any atom is -0.484 e. The molecule has 1 amide bonds. The third kappa shape index (κ3) is 5.63. The van der Waals surface area contributed by atoms with Gasteiger partial charge in [0.25, 0.3) is 5.91 Å². The molecule has 4 nitrogen and oxygen atoms in total. The van der Waals surface area contributed by atoms with Crippen molar-refractivity contribution in [1.29, 1.82) is 0 Å². The maximum absolute atomic E-state index is 11.8. The highest BCUT2D eigenvalue weighted by Gasteiger charge is 2.09. The number of amides is 1. The van der Waals surface area contributed by atoms with Gasteiger partial charge >= 0.3 is 0 Å². The number of hydrogen-bond donors (Lipinski definition) is 1. The summed E-state index contributed by atoms with van der Waals surface area (Å²) in [6.07, 6.45) is 3.30. The first-order valence-electron chi connectivity index (χ1n) is 6.83. The Hall–Kier alpha value is -1.75. The summed E-state index contributed by atoms with van der Waals surface area (Å²) >= 11 is 3.35. The zero-order valence-corrected chi connectivity index (χ0v) is 13.4.